The van der Waals surface area contributed by atoms with Crippen LogP contribution in [-0.4, -0.2) is 84.6 Å². The molecule has 2 aliphatic heterocycles. The number of benzene rings is 3. The van der Waals surface area contributed by atoms with Crippen LogP contribution in [0.5, 0.6) is 0 Å². The molecule has 3 aromatic carbocycles. The van der Waals surface area contributed by atoms with Crippen LogP contribution in [0.2, 0.25) is 0 Å². The normalized spacial score (nSPS) is 20.2. The van der Waals surface area contributed by atoms with Gasteiger partial charge in [0.15, 0.2) is 5.82 Å². The number of aromatic amines is 1. The van der Waals surface area contributed by atoms with E-state index in [0.29, 0.717) is 96.0 Å². The molecule has 1 saturated carbocycles. The van der Waals surface area contributed by atoms with Crippen LogP contribution in [0.25, 0.3) is 28.1 Å². The number of carbonyl (C=O) groups is 1. The van der Waals surface area contributed by atoms with E-state index in [9.17, 15) is 18.0 Å². The summed E-state index contributed by atoms with van der Waals surface area (Å²) in [5.74, 6) is -0.162. The molecule has 1 unspecified atom stereocenters. The maximum Gasteiger partial charge on any atom is 0.438 e. The molecule has 64 heavy (non-hydrogen) atoms. The minimum absolute atomic E-state index is 0.0136. The number of hydrogen-bond donors (Lipinski definition) is 1. The van der Waals surface area contributed by atoms with Gasteiger partial charge < -0.3 is 14.2 Å². The van der Waals surface area contributed by atoms with Gasteiger partial charge in [-0.1, -0.05) is 30.3 Å². The summed E-state index contributed by atoms with van der Waals surface area (Å²) in [7, 11) is -3.21. The average Bonchev–Trinajstić information content (AvgIpc) is 3.77. The van der Waals surface area contributed by atoms with E-state index < -0.39 is 32.9 Å². The Kier molecular flexibility index (Phi) is 10.0. The van der Waals surface area contributed by atoms with E-state index in [1.54, 1.807) is 61.3 Å². The molecule has 1 saturated heterocycles. The summed E-state index contributed by atoms with van der Waals surface area (Å²) < 4.78 is 56.4. The van der Waals surface area contributed by atoms with Gasteiger partial charge in [0.25, 0.3) is 5.91 Å². The number of aryl methyl sites for hydroxylation is 3. The molecule has 2 fully saturated rings. The summed E-state index contributed by atoms with van der Waals surface area (Å²) in [5, 5.41) is 10.1. The van der Waals surface area contributed by atoms with Gasteiger partial charge in [0.1, 0.15) is 32.7 Å². The number of halogens is 1. The molecule has 0 spiro atoms. The van der Waals surface area contributed by atoms with Crippen LogP contribution in [0, 0.1) is 25.6 Å². The maximum atomic E-state index is 15.5. The molecular formula is C47H49FN8O7S. The van der Waals surface area contributed by atoms with Crippen LogP contribution >= 0.6 is 0 Å². The minimum Gasteiger partial charge on any atom is -0.381 e. The number of imidazole rings is 1. The standard InChI is InChI=1S/C47H49FN8O7S/c1-27-21-36(22-28(2)41(27)48)56-42(54-17-16-53(46(54)59)35-8-6-7-31(23-35)14-20-64(5,60)61)40-30(4)52(15-11-37(40)50-56)43(57)39-25-34-24-33(32-12-18-62-19-13-32)9-10-38(34)55(39)47(26-29(47)3)44-49-45(58)63-51-44/h6-10,16-17,21-25,29-30,32H,11-15,18-20,26H2,1-5H3,(H,49,51,58)/t29-,30?,47-/m0/s1. The van der Waals surface area contributed by atoms with E-state index in [4.69, 9.17) is 14.4 Å². The fraction of sp³-hybridized carbons (Fsp3) is 0.383. The van der Waals surface area contributed by atoms with Crippen molar-refractivity contribution in [3.63, 3.8) is 0 Å². The maximum absolute atomic E-state index is 15.5. The molecule has 1 aliphatic carbocycles. The van der Waals surface area contributed by atoms with Crippen molar-refractivity contribution in [2.75, 3.05) is 31.8 Å². The summed E-state index contributed by atoms with van der Waals surface area (Å²) in [6.07, 6.45) is 7.59. The van der Waals surface area contributed by atoms with Crippen LogP contribution in [0.3, 0.4) is 0 Å². The predicted molar refractivity (Wildman–Crippen MR) is 237 cm³/mol. The van der Waals surface area contributed by atoms with Gasteiger partial charge >= 0.3 is 11.4 Å². The highest BCUT2D eigenvalue weighted by molar-refractivity contribution is 7.90. The SMILES string of the molecule is Cc1cc(-n2nc3c(c2-n2ccn(-c4cccc(CCS(C)(=O)=O)c4)c2=O)C(C)N(C(=O)c2cc4cc(C5CCOCC5)ccc4n2[C@@]2(c4noc(=O)[nH]4)C[C@@H]2C)CC3)cc(C)c1F. The lowest BCUT2D eigenvalue weighted by molar-refractivity contribution is 0.0663. The van der Waals surface area contributed by atoms with Crippen molar-refractivity contribution in [1.82, 2.24) is 38.5 Å². The van der Waals surface area contributed by atoms with E-state index in [2.05, 4.69) is 35.3 Å². The van der Waals surface area contributed by atoms with E-state index in [1.807, 2.05) is 28.5 Å². The van der Waals surface area contributed by atoms with Gasteiger partial charge in [-0.2, -0.15) is 5.10 Å². The Bertz CT molecular complexity index is 3220. The highest BCUT2D eigenvalue weighted by Gasteiger charge is 2.59. The molecule has 0 radical (unpaired) electrons. The van der Waals surface area contributed by atoms with Gasteiger partial charge in [0.2, 0.25) is 0 Å². The number of aromatic nitrogens is 7. The van der Waals surface area contributed by atoms with Crippen molar-refractivity contribution in [2.45, 2.75) is 77.3 Å². The molecule has 0 bridgehead atoms. The van der Waals surface area contributed by atoms with Crippen molar-refractivity contribution >= 4 is 26.6 Å². The quantitative estimate of drug-likeness (QED) is 0.167. The summed E-state index contributed by atoms with van der Waals surface area (Å²) >= 11 is 0. The molecular weight excluding hydrogens is 840 g/mol. The fourth-order valence-corrected chi connectivity index (χ4v) is 10.7. The molecule has 15 nitrogen and oxygen atoms in total. The summed E-state index contributed by atoms with van der Waals surface area (Å²) in [6, 6.07) is 18.3. The lowest BCUT2D eigenvalue weighted by Crippen LogP contribution is -2.41. The lowest BCUT2D eigenvalue weighted by atomic mass is 9.91. The Morgan fingerprint density at radius 3 is 2.39 bits per heavy atom. The zero-order valence-corrected chi connectivity index (χ0v) is 37.1. The topological polar surface area (TPSA) is 172 Å². The average molecular weight is 889 g/mol. The second-order valence-electron chi connectivity index (χ2n) is 17.8. The van der Waals surface area contributed by atoms with Crippen molar-refractivity contribution in [2.24, 2.45) is 5.92 Å². The highest BCUT2D eigenvalue weighted by Crippen LogP contribution is 2.56. The Balaban J connectivity index is 1.10. The highest BCUT2D eigenvalue weighted by atomic mass is 32.2. The number of amides is 1. The Hall–Kier alpha value is -6.33. The molecule has 6 heterocycles. The molecule has 7 aromatic rings. The fourth-order valence-electron chi connectivity index (χ4n) is 10.1. The van der Waals surface area contributed by atoms with Crippen LogP contribution in [0.1, 0.15) is 94.9 Å². The zero-order valence-electron chi connectivity index (χ0n) is 36.3. The molecule has 10 rings (SSSR count). The monoisotopic (exact) mass is 888 g/mol. The third kappa shape index (κ3) is 6.96. The number of nitrogens with zero attached hydrogens (tertiary/aromatic N) is 7. The first-order valence-corrected chi connectivity index (χ1v) is 23.8. The third-order valence-electron chi connectivity index (χ3n) is 13.6. The number of H-pyrrole nitrogens is 1. The molecule has 17 heteroatoms. The number of nitrogens with one attached hydrogen (secondary N) is 1. The number of rotatable bonds is 10. The first-order valence-electron chi connectivity index (χ1n) is 21.7. The first kappa shape index (κ1) is 41.7. The van der Waals surface area contributed by atoms with Gasteiger partial charge in [0, 0.05) is 61.3 Å². The van der Waals surface area contributed by atoms with Crippen LogP contribution < -0.4 is 11.4 Å². The smallest absolute Gasteiger partial charge is 0.381 e. The van der Waals surface area contributed by atoms with E-state index in [0.717, 1.165) is 29.3 Å². The van der Waals surface area contributed by atoms with Crippen molar-refractivity contribution in [3.8, 4) is 17.2 Å². The van der Waals surface area contributed by atoms with Crippen LogP contribution in [0.4, 0.5) is 4.39 Å². The zero-order chi connectivity index (χ0) is 44.8. The van der Waals surface area contributed by atoms with Crippen LogP contribution in [-0.2, 0) is 33.0 Å². The number of hydrogen-bond acceptors (Lipinski definition) is 9. The molecule has 4 aromatic heterocycles. The third-order valence-corrected chi connectivity index (χ3v) is 14.5. The largest absolute Gasteiger partial charge is 0.438 e. The minimum atomic E-state index is -3.21. The number of ether oxygens (including phenoxy) is 1. The van der Waals surface area contributed by atoms with Crippen molar-refractivity contribution in [3.05, 3.63) is 145 Å². The predicted octanol–water partition coefficient (Wildman–Crippen LogP) is 6.22. The molecule has 1 amide bonds. The second kappa shape index (κ2) is 15.4. The van der Waals surface area contributed by atoms with Crippen LogP contribution in [0.15, 0.2) is 87.2 Å². The molecule has 3 aliphatic rings. The molecule has 3 atom stereocenters. The van der Waals surface area contributed by atoms with Gasteiger partial charge in [-0.25, -0.2) is 27.1 Å². The number of carbonyl (C=O) groups excluding carboxylic acids is 1. The Morgan fingerprint density at radius 2 is 1.70 bits per heavy atom. The Labute approximate surface area is 368 Å². The molecule has 332 valence electrons. The number of fused-ring (bicyclic) bond motifs is 2. The second-order valence-corrected chi connectivity index (χ2v) is 20.1. The van der Waals surface area contributed by atoms with E-state index in [1.165, 1.54) is 21.0 Å². The van der Waals surface area contributed by atoms with Gasteiger partial charge in [0.05, 0.1) is 28.9 Å². The van der Waals surface area contributed by atoms with Crippen molar-refractivity contribution in [1.29, 1.82) is 0 Å². The van der Waals surface area contributed by atoms with Gasteiger partial charge in [-0.05, 0) is 123 Å². The van der Waals surface area contributed by atoms with E-state index in [-0.39, 0.29) is 23.4 Å². The van der Waals surface area contributed by atoms with E-state index >= 15 is 9.18 Å². The van der Waals surface area contributed by atoms with Crippen molar-refractivity contribution < 1.29 is 26.9 Å². The molecule has 1 N–H and O–H groups in total. The summed E-state index contributed by atoms with van der Waals surface area (Å²) in [4.78, 5) is 47.1. The summed E-state index contributed by atoms with van der Waals surface area (Å²) in [6.45, 7) is 9.07. The van der Waals surface area contributed by atoms with Gasteiger partial charge in [-0.3, -0.25) is 23.4 Å². The summed E-state index contributed by atoms with van der Waals surface area (Å²) in [5.41, 5.74) is 5.26. The number of sulfone groups is 1. The lowest BCUT2D eigenvalue weighted by Gasteiger charge is -2.34. The van der Waals surface area contributed by atoms with Gasteiger partial charge in [-0.15, -0.1) is 0 Å². The Morgan fingerprint density at radius 1 is 0.969 bits per heavy atom. The first-order chi connectivity index (χ1) is 30.6.